The van der Waals surface area contributed by atoms with E-state index in [1.807, 2.05) is 0 Å². The number of hydrogen-bond acceptors (Lipinski definition) is 5. The molecule has 0 aliphatic carbocycles. The van der Waals surface area contributed by atoms with Crippen LogP contribution in [0, 0.1) is 17.0 Å². The maximum Gasteiger partial charge on any atom is 0.336 e. The number of carbonyl (C=O) groups is 2. The van der Waals surface area contributed by atoms with E-state index in [4.69, 9.17) is 9.84 Å². The number of ether oxygens (including phenoxy) is 1. The van der Waals surface area contributed by atoms with Crippen LogP contribution in [0.15, 0.2) is 36.4 Å². The van der Waals surface area contributed by atoms with Crippen molar-refractivity contribution in [2.45, 2.75) is 13.8 Å². The lowest BCUT2D eigenvalue weighted by molar-refractivity contribution is -0.385. The molecule has 0 saturated carbocycles. The molecule has 0 aromatic heterocycles. The Morgan fingerprint density at radius 3 is 2.60 bits per heavy atom. The Hall–Kier alpha value is -3.42. The van der Waals surface area contributed by atoms with Crippen molar-refractivity contribution in [3.8, 4) is 5.75 Å². The molecule has 0 heterocycles. The fourth-order valence-corrected chi connectivity index (χ4v) is 2.28. The van der Waals surface area contributed by atoms with Gasteiger partial charge in [0.2, 0.25) is 0 Å². The molecule has 8 nitrogen and oxygen atoms in total. The summed E-state index contributed by atoms with van der Waals surface area (Å²) in [4.78, 5) is 34.0. The van der Waals surface area contributed by atoms with Gasteiger partial charge in [0.1, 0.15) is 0 Å². The van der Waals surface area contributed by atoms with Crippen LogP contribution in [0.5, 0.6) is 5.75 Å². The molecule has 25 heavy (non-hydrogen) atoms. The van der Waals surface area contributed by atoms with Crippen molar-refractivity contribution < 1.29 is 24.4 Å². The van der Waals surface area contributed by atoms with Crippen LogP contribution >= 0.6 is 0 Å². The smallest absolute Gasteiger partial charge is 0.336 e. The Kier molecular flexibility index (Phi) is 5.33. The van der Waals surface area contributed by atoms with Crippen molar-refractivity contribution >= 4 is 23.3 Å². The molecule has 2 N–H and O–H groups in total. The van der Waals surface area contributed by atoms with Gasteiger partial charge in [-0.1, -0.05) is 6.07 Å². The second kappa shape index (κ2) is 7.43. The van der Waals surface area contributed by atoms with Crippen molar-refractivity contribution in [2.24, 2.45) is 0 Å². The van der Waals surface area contributed by atoms with E-state index in [0.29, 0.717) is 11.3 Å². The van der Waals surface area contributed by atoms with Crippen LogP contribution in [0.4, 0.5) is 11.4 Å². The highest BCUT2D eigenvalue weighted by atomic mass is 16.6. The molecule has 2 aromatic rings. The predicted molar refractivity (Wildman–Crippen MR) is 90.4 cm³/mol. The van der Waals surface area contributed by atoms with Gasteiger partial charge in [0, 0.05) is 17.3 Å². The third-order valence-corrected chi connectivity index (χ3v) is 3.53. The van der Waals surface area contributed by atoms with Crippen LogP contribution in [0.2, 0.25) is 0 Å². The quantitative estimate of drug-likeness (QED) is 0.613. The van der Waals surface area contributed by atoms with Gasteiger partial charge in [0.15, 0.2) is 5.75 Å². The standard InChI is InChI=1S/C17H16N2O6/c1-3-25-15-8-7-11(9-14(15)19(23)24)16(20)18-13-6-4-5-12(10(13)2)17(21)22/h4-9H,3H2,1-2H3,(H,18,20)(H,21,22). The van der Waals surface area contributed by atoms with Crippen LogP contribution in [0.3, 0.4) is 0 Å². The average molecular weight is 344 g/mol. The van der Waals surface area contributed by atoms with Gasteiger partial charge in [-0.2, -0.15) is 0 Å². The minimum atomic E-state index is -1.11. The Morgan fingerprint density at radius 1 is 1.28 bits per heavy atom. The van der Waals surface area contributed by atoms with E-state index in [-0.39, 0.29) is 29.2 Å². The molecular formula is C17H16N2O6. The number of rotatable bonds is 6. The normalized spacial score (nSPS) is 10.2. The molecule has 0 spiro atoms. The van der Waals surface area contributed by atoms with E-state index in [2.05, 4.69) is 5.32 Å². The fourth-order valence-electron chi connectivity index (χ4n) is 2.28. The summed E-state index contributed by atoms with van der Waals surface area (Å²) in [6.45, 7) is 3.52. The number of hydrogen-bond donors (Lipinski definition) is 2. The number of benzene rings is 2. The second-order valence-corrected chi connectivity index (χ2v) is 5.11. The van der Waals surface area contributed by atoms with Crippen molar-refractivity contribution in [3.63, 3.8) is 0 Å². The molecule has 130 valence electrons. The van der Waals surface area contributed by atoms with Crippen LogP contribution in [0.1, 0.15) is 33.2 Å². The zero-order chi connectivity index (χ0) is 18.6. The van der Waals surface area contributed by atoms with Gasteiger partial charge < -0.3 is 15.2 Å². The topological polar surface area (TPSA) is 119 Å². The third-order valence-electron chi connectivity index (χ3n) is 3.53. The van der Waals surface area contributed by atoms with E-state index in [0.717, 1.165) is 6.07 Å². The molecule has 0 bridgehead atoms. The summed E-state index contributed by atoms with van der Waals surface area (Å²) in [5.74, 6) is -1.62. The van der Waals surface area contributed by atoms with E-state index in [1.165, 1.54) is 24.3 Å². The van der Waals surface area contributed by atoms with Gasteiger partial charge in [0.25, 0.3) is 5.91 Å². The molecule has 0 aliphatic rings. The lowest BCUT2D eigenvalue weighted by Gasteiger charge is -2.11. The fraction of sp³-hybridized carbons (Fsp3) is 0.176. The molecule has 8 heteroatoms. The SMILES string of the molecule is CCOc1ccc(C(=O)Nc2cccc(C(=O)O)c2C)cc1[N+](=O)[O-]. The summed E-state index contributed by atoms with van der Waals surface area (Å²) in [5, 5.41) is 22.8. The molecule has 0 fully saturated rings. The second-order valence-electron chi connectivity index (χ2n) is 5.11. The van der Waals surface area contributed by atoms with E-state index in [9.17, 15) is 19.7 Å². The van der Waals surface area contributed by atoms with Crippen molar-refractivity contribution in [3.05, 3.63) is 63.2 Å². The molecule has 0 aliphatic heterocycles. The third kappa shape index (κ3) is 3.92. The lowest BCUT2D eigenvalue weighted by Crippen LogP contribution is -2.14. The number of carbonyl (C=O) groups excluding carboxylic acids is 1. The Labute approximate surface area is 143 Å². The number of carboxylic acid groups (broad SMARTS) is 1. The Morgan fingerprint density at radius 2 is 2.00 bits per heavy atom. The molecule has 1 amide bonds. The van der Waals surface area contributed by atoms with Crippen LogP contribution in [-0.2, 0) is 0 Å². The van der Waals surface area contributed by atoms with E-state index < -0.39 is 16.8 Å². The van der Waals surface area contributed by atoms with Gasteiger partial charge >= 0.3 is 11.7 Å². The van der Waals surface area contributed by atoms with E-state index in [1.54, 1.807) is 19.9 Å². The average Bonchev–Trinajstić information content (AvgIpc) is 2.56. The lowest BCUT2D eigenvalue weighted by atomic mass is 10.1. The highest BCUT2D eigenvalue weighted by Crippen LogP contribution is 2.28. The molecule has 2 aromatic carbocycles. The highest BCUT2D eigenvalue weighted by Gasteiger charge is 2.19. The van der Waals surface area contributed by atoms with Gasteiger partial charge in [-0.3, -0.25) is 14.9 Å². The number of anilines is 1. The maximum atomic E-state index is 12.4. The number of amides is 1. The summed E-state index contributed by atoms with van der Waals surface area (Å²) in [5.41, 5.74) is 0.529. The van der Waals surface area contributed by atoms with Crippen LogP contribution in [-0.4, -0.2) is 28.5 Å². The zero-order valence-electron chi connectivity index (χ0n) is 13.6. The van der Waals surface area contributed by atoms with Crippen molar-refractivity contribution in [1.82, 2.24) is 0 Å². The summed E-state index contributed by atoms with van der Waals surface area (Å²) in [7, 11) is 0. The summed E-state index contributed by atoms with van der Waals surface area (Å²) < 4.78 is 5.17. The zero-order valence-corrected chi connectivity index (χ0v) is 13.6. The number of nitrogens with one attached hydrogen (secondary N) is 1. The minimum absolute atomic E-state index is 0.0651. The van der Waals surface area contributed by atoms with Gasteiger partial charge in [-0.05, 0) is 43.7 Å². The predicted octanol–water partition coefficient (Wildman–Crippen LogP) is 3.25. The van der Waals surface area contributed by atoms with Crippen LogP contribution < -0.4 is 10.1 Å². The number of carboxylic acids is 1. The monoisotopic (exact) mass is 344 g/mol. The molecule has 0 unspecified atom stereocenters. The van der Waals surface area contributed by atoms with Gasteiger partial charge in [0.05, 0.1) is 17.1 Å². The molecule has 0 saturated heterocycles. The Balaban J connectivity index is 2.33. The van der Waals surface area contributed by atoms with Crippen molar-refractivity contribution in [2.75, 3.05) is 11.9 Å². The number of aromatic carboxylic acids is 1. The Bertz CT molecular complexity index is 847. The molecule has 0 atom stereocenters. The highest BCUT2D eigenvalue weighted by molar-refractivity contribution is 6.06. The first kappa shape index (κ1) is 17.9. The van der Waals surface area contributed by atoms with Crippen molar-refractivity contribution in [1.29, 1.82) is 0 Å². The summed E-state index contributed by atoms with van der Waals surface area (Å²) in [6.07, 6.45) is 0. The van der Waals surface area contributed by atoms with Crippen LogP contribution in [0.25, 0.3) is 0 Å². The van der Waals surface area contributed by atoms with Gasteiger partial charge in [-0.25, -0.2) is 4.79 Å². The number of nitro groups is 1. The number of nitro benzene ring substituents is 1. The largest absolute Gasteiger partial charge is 0.487 e. The maximum absolute atomic E-state index is 12.4. The molecular weight excluding hydrogens is 328 g/mol. The number of nitrogens with zero attached hydrogens (tertiary/aromatic N) is 1. The summed E-state index contributed by atoms with van der Waals surface area (Å²) in [6, 6.07) is 8.38. The molecule has 0 radical (unpaired) electrons. The first-order valence-corrected chi connectivity index (χ1v) is 7.40. The first-order valence-electron chi connectivity index (χ1n) is 7.40. The summed E-state index contributed by atoms with van der Waals surface area (Å²) >= 11 is 0. The van der Waals surface area contributed by atoms with E-state index >= 15 is 0 Å². The molecule has 2 rings (SSSR count). The first-order chi connectivity index (χ1) is 11.8. The minimum Gasteiger partial charge on any atom is -0.487 e. The van der Waals surface area contributed by atoms with Gasteiger partial charge in [-0.15, -0.1) is 0 Å².